The van der Waals surface area contributed by atoms with Crippen LogP contribution in [-0.2, 0) is 20.7 Å². The number of furan rings is 1. The van der Waals surface area contributed by atoms with Crippen LogP contribution in [0.15, 0.2) is 22.8 Å². The Morgan fingerprint density at radius 2 is 2.30 bits per heavy atom. The monoisotopic (exact) mass is 279 g/mol. The quantitative estimate of drug-likeness (QED) is 0.838. The summed E-state index contributed by atoms with van der Waals surface area (Å²) in [5.74, 6) is 0.580. The van der Waals surface area contributed by atoms with Crippen LogP contribution in [0.2, 0.25) is 0 Å². The summed E-state index contributed by atoms with van der Waals surface area (Å²) in [6.45, 7) is 0. The Kier molecular flexibility index (Phi) is 5.21. The average molecular weight is 279 g/mol. The third kappa shape index (κ3) is 4.11. The summed E-state index contributed by atoms with van der Waals surface area (Å²) in [5, 5.41) is 3.00. The average Bonchev–Trinajstić information content (AvgIpc) is 2.98. The maximum atomic E-state index is 11.9. The maximum Gasteiger partial charge on any atom is 0.308 e. The molecule has 0 saturated heterocycles. The molecule has 0 bridgehead atoms. The molecule has 2 atom stereocenters. The second-order valence-corrected chi connectivity index (χ2v) is 5.23. The van der Waals surface area contributed by atoms with Gasteiger partial charge < -0.3 is 14.5 Å². The second kappa shape index (κ2) is 7.12. The molecule has 110 valence electrons. The van der Waals surface area contributed by atoms with Crippen molar-refractivity contribution < 1.29 is 18.7 Å². The van der Waals surface area contributed by atoms with Gasteiger partial charge in [-0.3, -0.25) is 9.59 Å². The van der Waals surface area contributed by atoms with Crippen LogP contribution in [-0.4, -0.2) is 25.0 Å². The number of nitrogens with one attached hydrogen (secondary N) is 1. The highest BCUT2D eigenvalue weighted by Crippen LogP contribution is 2.25. The molecule has 0 aromatic carbocycles. The van der Waals surface area contributed by atoms with Crippen molar-refractivity contribution >= 4 is 11.9 Å². The number of hydrogen-bond donors (Lipinski definition) is 1. The zero-order valence-electron chi connectivity index (χ0n) is 11.8. The molecule has 0 unspecified atom stereocenters. The van der Waals surface area contributed by atoms with Gasteiger partial charge in [0.1, 0.15) is 5.76 Å². The first-order valence-corrected chi connectivity index (χ1v) is 7.08. The molecular weight excluding hydrogens is 258 g/mol. The lowest BCUT2D eigenvalue weighted by atomic mass is 9.85. The van der Waals surface area contributed by atoms with Crippen LogP contribution in [0, 0.1) is 5.92 Å². The van der Waals surface area contributed by atoms with Gasteiger partial charge in [-0.25, -0.2) is 0 Å². The minimum absolute atomic E-state index is 0.0110. The summed E-state index contributed by atoms with van der Waals surface area (Å²) in [6, 6.07) is 3.76. The first-order valence-electron chi connectivity index (χ1n) is 7.08. The SMILES string of the molecule is COC(=O)[C@H]1CCC[C@@H](NC(=O)CCc2ccco2)C1. The normalized spacial score (nSPS) is 22.2. The fraction of sp³-hybridized carbons (Fsp3) is 0.600. The van der Waals surface area contributed by atoms with E-state index in [2.05, 4.69) is 5.32 Å². The molecule has 1 fully saturated rings. The van der Waals surface area contributed by atoms with E-state index in [1.54, 1.807) is 6.26 Å². The lowest BCUT2D eigenvalue weighted by Crippen LogP contribution is -2.40. The van der Waals surface area contributed by atoms with Crippen LogP contribution in [0.25, 0.3) is 0 Å². The van der Waals surface area contributed by atoms with Crippen molar-refractivity contribution in [3.63, 3.8) is 0 Å². The molecule has 1 aromatic rings. The summed E-state index contributed by atoms with van der Waals surface area (Å²) in [6.07, 6.45) is 6.03. The number of ether oxygens (including phenoxy) is 1. The molecule has 20 heavy (non-hydrogen) atoms. The van der Waals surface area contributed by atoms with Gasteiger partial charge in [-0.1, -0.05) is 6.42 Å². The number of rotatable bonds is 5. The van der Waals surface area contributed by atoms with Gasteiger partial charge in [0.25, 0.3) is 0 Å². The van der Waals surface area contributed by atoms with Crippen LogP contribution in [0.5, 0.6) is 0 Å². The van der Waals surface area contributed by atoms with E-state index in [1.165, 1.54) is 7.11 Å². The van der Waals surface area contributed by atoms with Crippen molar-refractivity contribution in [3.05, 3.63) is 24.2 Å². The van der Waals surface area contributed by atoms with E-state index in [0.717, 1.165) is 25.0 Å². The van der Waals surface area contributed by atoms with Gasteiger partial charge in [0.2, 0.25) is 5.91 Å². The van der Waals surface area contributed by atoms with E-state index in [0.29, 0.717) is 19.3 Å². The summed E-state index contributed by atoms with van der Waals surface area (Å²) in [4.78, 5) is 23.4. The first-order chi connectivity index (χ1) is 9.69. The number of methoxy groups -OCH3 is 1. The standard InChI is InChI=1S/C15H21NO4/c1-19-15(18)11-4-2-5-12(10-11)16-14(17)8-7-13-6-3-9-20-13/h3,6,9,11-12H,2,4-5,7-8,10H2,1H3,(H,16,17)/t11-,12+/m0/s1. The highest BCUT2D eigenvalue weighted by Gasteiger charge is 2.28. The lowest BCUT2D eigenvalue weighted by molar-refractivity contribution is -0.147. The number of aryl methyl sites for hydroxylation is 1. The van der Waals surface area contributed by atoms with Crippen LogP contribution in [0.4, 0.5) is 0 Å². The molecule has 1 aromatic heterocycles. The van der Waals surface area contributed by atoms with E-state index in [-0.39, 0.29) is 23.8 Å². The summed E-state index contributed by atoms with van der Waals surface area (Å²) < 4.78 is 9.97. The third-order valence-corrected chi connectivity index (χ3v) is 3.75. The molecule has 1 N–H and O–H groups in total. The second-order valence-electron chi connectivity index (χ2n) is 5.23. The first kappa shape index (κ1) is 14.6. The van der Waals surface area contributed by atoms with Crippen molar-refractivity contribution in [2.75, 3.05) is 7.11 Å². The van der Waals surface area contributed by atoms with Crippen molar-refractivity contribution in [1.82, 2.24) is 5.32 Å². The number of carbonyl (C=O) groups excluding carboxylic acids is 2. The van der Waals surface area contributed by atoms with Crippen LogP contribution in [0.1, 0.15) is 37.9 Å². The highest BCUT2D eigenvalue weighted by molar-refractivity contribution is 5.77. The van der Waals surface area contributed by atoms with Crippen LogP contribution in [0.3, 0.4) is 0 Å². The third-order valence-electron chi connectivity index (χ3n) is 3.75. The summed E-state index contributed by atoms with van der Waals surface area (Å²) in [5.41, 5.74) is 0. The predicted octanol–water partition coefficient (Wildman–Crippen LogP) is 2.06. The number of amides is 1. The van der Waals surface area contributed by atoms with E-state index in [4.69, 9.17) is 9.15 Å². The molecule has 0 radical (unpaired) electrons. The van der Waals surface area contributed by atoms with Crippen molar-refractivity contribution in [3.8, 4) is 0 Å². The molecule has 1 amide bonds. The largest absolute Gasteiger partial charge is 0.469 e. The van der Waals surface area contributed by atoms with Gasteiger partial charge in [-0.15, -0.1) is 0 Å². The Labute approximate surface area is 118 Å². The maximum absolute atomic E-state index is 11.9. The molecule has 1 aliphatic rings. The molecule has 1 heterocycles. The fourth-order valence-electron chi connectivity index (χ4n) is 2.69. The van der Waals surface area contributed by atoms with E-state index < -0.39 is 0 Å². The molecule has 1 aliphatic carbocycles. The van der Waals surface area contributed by atoms with Gasteiger partial charge in [-0.2, -0.15) is 0 Å². The predicted molar refractivity (Wildman–Crippen MR) is 72.9 cm³/mol. The number of hydrogen-bond acceptors (Lipinski definition) is 4. The van der Waals surface area contributed by atoms with Crippen molar-refractivity contribution in [2.24, 2.45) is 5.92 Å². The Morgan fingerprint density at radius 3 is 3.00 bits per heavy atom. The Hall–Kier alpha value is -1.78. The molecule has 0 aliphatic heterocycles. The molecule has 5 heteroatoms. The number of carbonyl (C=O) groups is 2. The lowest BCUT2D eigenvalue weighted by Gasteiger charge is -2.28. The molecule has 0 spiro atoms. The Balaban J connectivity index is 1.74. The molecule has 2 rings (SSSR count). The van der Waals surface area contributed by atoms with E-state index in [1.807, 2.05) is 12.1 Å². The van der Waals surface area contributed by atoms with E-state index in [9.17, 15) is 9.59 Å². The van der Waals surface area contributed by atoms with Crippen LogP contribution < -0.4 is 5.32 Å². The van der Waals surface area contributed by atoms with Crippen molar-refractivity contribution in [1.29, 1.82) is 0 Å². The Bertz CT molecular complexity index is 441. The number of esters is 1. The van der Waals surface area contributed by atoms with Gasteiger partial charge in [-0.05, 0) is 31.4 Å². The molecule has 5 nitrogen and oxygen atoms in total. The zero-order valence-corrected chi connectivity index (χ0v) is 11.8. The Morgan fingerprint density at radius 1 is 1.45 bits per heavy atom. The smallest absolute Gasteiger partial charge is 0.308 e. The van der Waals surface area contributed by atoms with Crippen LogP contribution >= 0.6 is 0 Å². The van der Waals surface area contributed by atoms with Gasteiger partial charge in [0.15, 0.2) is 0 Å². The zero-order chi connectivity index (χ0) is 14.4. The fourth-order valence-corrected chi connectivity index (χ4v) is 2.69. The van der Waals surface area contributed by atoms with Gasteiger partial charge >= 0.3 is 5.97 Å². The minimum Gasteiger partial charge on any atom is -0.469 e. The summed E-state index contributed by atoms with van der Waals surface area (Å²) >= 11 is 0. The van der Waals surface area contributed by atoms with Crippen molar-refractivity contribution in [2.45, 2.75) is 44.6 Å². The topological polar surface area (TPSA) is 68.5 Å². The highest BCUT2D eigenvalue weighted by atomic mass is 16.5. The molecular formula is C15H21NO4. The minimum atomic E-state index is -0.167. The summed E-state index contributed by atoms with van der Waals surface area (Å²) in [7, 11) is 1.41. The molecule has 1 saturated carbocycles. The van der Waals surface area contributed by atoms with Gasteiger partial charge in [0, 0.05) is 18.9 Å². The van der Waals surface area contributed by atoms with Gasteiger partial charge in [0.05, 0.1) is 19.3 Å². The van der Waals surface area contributed by atoms with E-state index >= 15 is 0 Å².